The second-order valence-corrected chi connectivity index (χ2v) is 7.01. The molecule has 3 rings (SSSR count). The average molecular weight is 378 g/mol. The molecule has 0 saturated heterocycles. The van der Waals surface area contributed by atoms with Crippen LogP contribution in [0.4, 0.5) is 20.7 Å². The van der Waals surface area contributed by atoms with E-state index in [0.717, 1.165) is 11.6 Å². The van der Waals surface area contributed by atoms with Crippen LogP contribution in [0.15, 0.2) is 24.4 Å². The van der Waals surface area contributed by atoms with Crippen molar-refractivity contribution in [3.05, 3.63) is 41.2 Å². The van der Waals surface area contributed by atoms with Crippen LogP contribution in [0.2, 0.25) is 5.28 Å². The van der Waals surface area contributed by atoms with Crippen LogP contribution in [0.3, 0.4) is 0 Å². The smallest absolute Gasteiger partial charge is 0.435 e. The summed E-state index contributed by atoms with van der Waals surface area (Å²) in [6.07, 6.45) is 0.384. The number of aromatic nitrogens is 4. The maximum atomic E-state index is 13.8. The fourth-order valence-corrected chi connectivity index (χ4v) is 2.50. The van der Waals surface area contributed by atoms with Crippen LogP contribution in [0, 0.1) is 12.7 Å². The van der Waals surface area contributed by atoms with Gasteiger partial charge in [-0.2, -0.15) is 14.8 Å². The highest BCUT2D eigenvalue weighted by atomic mass is 35.5. The minimum Gasteiger partial charge on any atom is -0.442 e. The predicted octanol–water partition coefficient (Wildman–Crippen LogP) is 4.45. The van der Waals surface area contributed by atoms with E-state index in [0.29, 0.717) is 16.9 Å². The topological polar surface area (TPSA) is 81.9 Å². The first kappa shape index (κ1) is 18.1. The van der Waals surface area contributed by atoms with E-state index in [1.165, 1.54) is 4.68 Å². The molecule has 0 saturated carbocycles. The van der Waals surface area contributed by atoms with E-state index in [1.54, 1.807) is 45.9 Å². The standard InChI is InChI=1S/C17H17ClFN5O2/c1-9-11-6-5-10(21-14-12(19)8-20-15(18)22-14)7-13(11)24(23-9)16(25)26-17(2,3)4/h5-8H,1-4H3,(H,20,21,22). The lowest BCUT2D eigenvalue weighted by Crippen LogP contribution is -2.27. The van der Waals surface area contributed by atoms with Gasteiger partial charge in [0.1, 0.15) is 5.60 Å². The highest BCUT2D eigenvalue weighted by Gasteiger charge is 2.21. The molecule has 0 spiro atoms. The number of aryl methyl sites for hydroxylation is 1. The molecule has 0 amide bonds. The van der Waals surface area contributed by atoms with Gasteiger partial charge in [0.2, 0.25) is 5.28 Å². The van der Waals surface area contributed by atoms with Gasteiger partial charge in [-0.05, 0) is 57.5 Å². The van der Waals surface area contributed by atoms with Crippen molar-refractivity contribution in [1.29, 1.82) is 0 Å². The number of nitrogens with zero attached hydrogens (tertiary/aromatic N) is 4. The second-order valence-electron chi connectivity index (χ2n) is 6.67. The zero-order valence-electron chi connectivity index (χ0n) is 14.7. The van der Waals surface area contributed by atoms with Crippen molar-refractivity contribution in [3.8, 4) is 0 Å². The number of benzene rings is 1. The molecule has 1 N–H and O–H groups in total. The molecule has 0 bridgehead atoms. The van der Waals surface area contributed by atoms with Gasteiger partial charge in [0.15, 0.2) is 11.6 Å². The SMILES string of the molecule is Cc1nn(C(=O)OC(C)(C)C)c2cc(Nc3nc(Cl)ncc3F)ccc12. The Kier molecular flexibility index (Phi) is 4.53. The normalized spacial score (nSPS) is 11.6. The quantitative estimate of drug-likeness (QED) is 0.664. The van der Waals surface area contributed by atoms with Gasteiger partial charge >= 0.3 is 6.09 Å². The molecule has 0 atom stereocenters. The Bertz CT molecular complexity index is 997. The molecule has 0 aliphatic heterocycles. The van der Waals surface area contributed by atoms with Crippen LogP contribution >= 0.6 is 11.6 Å². The number of fused-ring (bicyclic) bond motifs is 1. The largest absolute Gasteiger partial charge is 0.442 e. The number of halogens is 2. The molecular weight excluding hydrogens is 361 g/mol. The lowest BCUT2D eigenvalue weighted by atomic mass is 10.2. The molecule has 2 heterocycles. The number of nitrogens with one attached hydrogen (secondary N) is 1. The average Bonchev–Trinajstić information content (AvgIpc) is 2.86. The first-order chi connectivity index (χ1) is 12.1. The molecule has 9 heteroatoms. The van der Waals surface area contributed by atoms with E-state index >= 15 is 0 Å². The summed E-state index contributed by atoms with van der Waals surface area (Å²) in [5, 5.41) is 7.77. The number of ether oxygens (including phenoxy) is 1. The first-order valence-corrected chi connectivity index (χ1v) is 8.19. The van der Waals surface area contributed by atoms with Crippen LogP contribution in [-0.2, 0) is 4.74 Å². The van der Waals surface area contributed by atoms with Crippen molar-refractivity contribution in [2.24, 2.45) is 0 Å². The van der Waals surface area contributed by atoms with Gasteiger partial charge in [0.05, 0.1) is 17.4 Å². The summed E-state index contributed by atoms with van der Waals surface area (Å²) >= 11 is 5.71. The number of carbonyl (C=O) groups excluding carboxylic acids is 1. The van der Waals surface area contributed by atoms with Crippen molar-refractivity contribution >= 4 is 40.1 Å². The third-order valence-electron chi connectivity index (χ3n) is 3.41. The third-order valence-corrected chi connectivity index (χ3v) is 3.59. The second kappa shape index (κ2) is 6.53. The Morgan fingerprint density at radius 2 is 2.08 bits per heavy atom. The predicted molar refractivity (Wildman–Crippen MR) is 96.4 cm³/mol. The minimum absolute atomic E-state index is 0.0654. The van der Waals surface area contributed by atoms with Crippen LogP contribution < -0.4 is 5.32 Å². The molecule has 3 aromatic rings. The number of rotatable bonds is 2. The highest BCUT2D eigenvalue weighted by Crippen LogP contribution is 2.26. The van der Waals surface area contributed by atoms with Gasteiger partial charge in [-0.15, -0.1) is 0 Å². The Labute approximate surface area is 154 Å². The van der Waals surface area contributed by atoms with Crippen molar-refractivity contribution < 1.29 is 13.9 Å². The van der Waals surface area contributed by atoms with Gasteiger partial charge in [-0.1, -0.05) is 0 Å². The van der Waals surface area contributed by atoms with Gasteiger partial charge in [0, 0.05) is 11.1 Å². The van der Waals surface area contributed by atoms with E-state index in [4.69, 9.17) is 16.3 Å². The summed E-state index contributed by atoms with van der Waals surface area (Å²) < 4.78 is 20.4. The Hall–Kier alpha value is -2.74. The van der Waals surface area contributed by atoms with Crippen LogP contribution in [0.25, 0.3) is 10.9 Å². The fraction of sp³-hybridized carbons (Fsp3) is 0.294. The minimum atomic E-state index is -0.653. The van der Waals surface area contributed by atoms with E-state index in [2.05, 4.69) is 20.4 Å². The van der Waals surface area contributed by atoms with Crippen LogP contribution in [0.5, 0.6) is 0 Å². The van der Waals surface area contributed by atoms with Crippen molar-refractivity contribution in [2.45, 2.75) is 33.3 Å². The summed E-state index contributed by atoms with van der Waals surface area (Å²) in [5.41, 5.74) is 1.06. The van der Waals surface area contributed by atoms with Crippen LogP contribution in [-0.4, -0.2) is 31.4 Å². The van der Waals surface area contributed by atoms with Crippen molar-refractivity contribution in [1.82, 2.24) is 19.7 Å². The third kappa shape index (κ3) is 3.75. The first-order valence-electron chi connectivity index (χ1n) is 7.82. The lowest BCUT2D eigenvalue weighted by Gasteiger charge is -2.19. The molecule has 0 fully saturated rings. The molecule has 0 unspecified atom stereocenters. The monoisotopic (exact) mass is 377 g/mol. The number of hydrogen-bond acceptors (Lipinski definition) is 6. The zero-order chi connectivity index (χ0) is 19.1. The lowest BCUT2D eigenvalue weighted by molar-refractivity contribution is 0.0522. The van der Waals surface area contributed by atoms with Gasteiger partial charge in [-0.3, -0.25) is 0 Å². The molecule has 0 aliphatic rings. The zero-order valence-corrected chi connectivity index (χ0v) is 15.4. The van der Waals surface area contributed by atoms with E-state index in [-0.39, 0.29) is 11.1 Å². The Morgan fingerprint density at radius 3 is 2.77 bits per heavy atom. The molecule has 0 radical (unpaired) electrons. The Morgan fingerprint density at radius 1 is 1.35 bits per heavy atom. The van der Waals surface area contributed by atoms with Gasteiger partial charge in [0.25, 0.3) is 0 Å². The molecule has 2 aromatic heterocycles. The fourth-order valence-electron chi connectivity index (χ4n) is 2.36. The van der Waals surface area contributed by atoms with Crippen molar-refractivity contribution in [3.63, 3.8) is 0 Å². The molecule has 1 aromatic carbocycles. The Balaban J connectivity index is 2.01. The molecular formula is C17H17ClFN5O2. The molecule has 0 aliphatic carbocycles. The van der Waals surface area contributed by atoms with E-state index < -0.39 is 17.5 Å². The van der Waals surface area contributed by atoms with E-state index in [9.17, 15) is 9.18 Å². The number of anilines is 2. The maximum Gasteiger partial charge on any atom is 0.435 e. The summed E-state index contributed by atoms with van der Waals surface area (Å²) in [6, 6.07) is 5.17. The van der Waals surface area contributed by atoms with Gasteiger partial charge in [-0.25, -0.2) is 14.2 Å². The molecule has 26 heavy (non-hydrogen) atoms. The molecule has 7 nitrogen and oxygen atoms in total. The van der Waals surface area contributed by atoms with Crippen molar-refractivity contribution in [2.75, 3.05) is 5.32 Å². The highest BCUT2D eigenvalue weighted by molar-refractivity contribution is 6.28. The molecule has 136 valence electrons. The summed E-state index contributed by atoms with van der Waals surface area (Å²) in [4.78, 5) is 19.8. The summed E-state index contributed by atoms with van der Waals surface area (Å²) in [6.45, 7) is 7.12. The number of carbonyl (C=O) groups is 1. The number of hydrogen-bond donors (Lipinski definition) is 1. The summed E-state index contributed by atoms with van der Waals surface area (Å²) in [5.74, 6) is -0.712. The van der Waals surface area contributed by atoms with Gasteiger partial charge < -0.3 is 10.1 Å². The van der Waals surface area contributed by atoms with E-state index in [1.807, 2.05) is 0 Å². The summed E-state index contributed by atoms with van der Waals surface area (Å²) in [7, 11) is 0. The maximum absolute atomic E-state index is 13.8. The van der Waals surface area contributed by atoms with Crippen LogP contribution in [0.1, 0.15) is 26.5 Å².